The Balaban J connectivity index is 2.42. The van der Waals surface area contributed by atoms with Crippen molar-refractivity contribution in [3.8, 4) is 0 Å². The predicted octanol–water partition coefficient (Wildman–Crippen LogP) is 3.04. The maximum atomic E-state index is 8.87. The average molecular weight is 209 g/mol. The number of hydrogen-bond acceptors (Lipinski definition) is 4. The SMILES string of the molecule is ON=C(c1cccs1)c1cccs1. The van der Waals surface area contributed by atoms with Gasteiger partial charge in [0.25, 0.3) is 0 Å². The van der Waals surface area contributed by atoms with Gasteiger partial charge in [-0.1, -0.05) is 17.3 Å². The molecule has 0 amide bonds. The van der Waals surface area contributed by atoms with Gasteiger partial charge in [-0.05, 0) is 22.9 Å². The smallest absolute Gasteiger partial charge is 0.136 e. The number of thiophene rings is 2. The Morgan fingerprint density at radius 1 is 1.08 bits per heavy atom. The first kappa shape index (κ1) is 8.47. The van der Waals surface area contributed by atoms with E-state index in [1.54, 1.807) is 22.7 Å². The molecule has 0 spiro atoms. The second-order valence-corrected chi connectivity index (χ2v) is 4.30. The third-order valence-corrected chi connectivity index (χ3v) is 3.36. The van der Waals surface area contributed by atoms with Crippen LogP contribution in [0.5, 0.6) is 0 Å². The number of nitrogens with zero attached hydrogens (tertiary/aromatic N) is 1. The van der Waals surface area contributed by atoms with Crippen molar-refractivity contribution in [2.45, 2.75) is 0 Å². The molecule has 0 aromatic carbocycles. The lowest BCUT2D eigenvalue weighted by molar-refractivity contribution is 0.320. The van der Waals surface area contributed by atoms with Gasteiger partial charge in [-0.15, -0.1) is 22.7 Å². The minimum atomic E-state index is 0.657. The zero-order valence-corrected chi connectivity index (χ0v) is 8.31. The van der Waals surface area contributed by atoms with Crippen molar-refractivity contribution in [1.82, 2.24) is 0 Å². The Hall–Kier alpha value is -1.13. The molecule has 0 aliphatic heterocycles. The van der Waals surface area contributed by atoms with Crippen LogP contribution in [0.3, 0.4) is 0 Å². The summed E-state index contributed by atoms with van der Waals surface area (Å²) in [7, 11) is 0. The van der Waals surface area contributed by atoms with Crippen LogP contribution in [0.4, 0.5) is 0 Å². The minimum absolute atomic E-state index is 0.657. The highest BCUT2D eigenvalue weighted by atomic mass is 32.1. The molecule has 0 saturated carbocycles. The minimum Gasteiger partial charge on any atom is -0.410 e. The van der Waals surface area contributed by atoms with Gasteiger partial charge < -0.3 is 5.21 Å². The van der Waals surface area contributed by atoms with E-state index in [1.165, 1.54) is 0 Å². The monoisotopic (exact) mass is 209 g/mol. The number of rotatable bonds is 2. The molecule has 0 aliphatic rings. The lowest BCUT2D eigenvalue weighted by Gasteiger charge is -1.95. The summed E-state index contributed by atoms with van der Waals surface area (Å²) < 4.78 is 0. The second kappa shape index (κ2) is 3.72. The largest absolute Gasteiger partial charge is 0.410 e. The highest BCUT2D eigenvalue weighted by Crippen LogP contribution is 2.19. The number of oxime groups is 1. The van der Waals surface area contributed by atoms with Crippen molar-refractivity contribution in [2.75, 3.05) is 0 Å². The molecule has 0 radical (unpaired) electrons. The molecule has 2 aromatic heterocycles. The van der Waals surface area contributed by atoms with Gasteiger partial charge in [0.1, 0.15) is 5.71 Å². The van der Waals surface area contributed by atoms with Gasteiger partial charge in [0.2, 0.25) is 0 Å². The highest BCUT2D eigenvalue weighted by molar-refractivity contribution is 7.15. The summed E-state index contributed by atoms with van der Waals surface area (Å²) in [6.45, 7) is 0. The summed E-state index contributed by atoms with van der Waals surface area (Å²) in [5.74, 6) is 0. The van der Waals surface area contributed by atoms with E-state index in [9.17, 15) is 0 Å². The van der Waals surface area contributed by atoms with E-state index in [0.29, 0.717) is 5.71 Å². The van der Waals surface area contributed by atoms with Crippen LogP contribution in [0.1, 0.15) is 9.75 Å². The lowest BCUT2D eigenvalue weighted by atomic mass is 10.2. The fraction of sp³-hybridized carbons (Fsp3) is 0. The van der Waals surface area contributed by atoms with Crippen molar-refractivity contribution < 1.29 is 5.21 Å². The first-order valence-electron chi connectivity index (χ1n) is 3.71. The van der Waals surface area contributed by atoms with Gasteiger partial charge in [0.15, 0.2) is 0 Å². The molecule has 1 N–H and O–H groups in total. The molecule has 2 aromatic rings. The van der Waals surface area contributed by atoms with Crippen molar-refractivity contribution in [3.63, 3.8) is 0 Å². The Kier molecular flexibility index (Phi) is 2.42. The van der Waals surface area contributed by atoms with Crippen LogP contribution in [-0.2, 0) is 0 Å². The molecule has 66 valence electrons. The molecule has 2 rings (SSSR count). The van der Waals surface area contributed by atoms with Crippen LogP contribution >= 0.6 is 22.7 Å². The van der Waals surface area contributed by atoms with Gasteiger partial charge in [-0.2, -0.15) is 0 Å². The van der Waals surface area contributed by atoms with Crippen molar-refractivity contribution >= 4 is 28.4 Å². The zero-order valence-electron chi connectivity index (χ0n) is 6.68. The molecule has 2 nitrogen and oxygen atoms in total. The van der Waals surface area contributed by atoms with Crippen LogP contribution in [0.15, 0.2) is 40.2 Å². The molecule has 0 unspecified atom stereocenters. The summed E-state index contributed by atoms with van der Waals surface area (Å²) in [5, 5.41) is 16.1. The van der Waals surface area contributed by atoms with Crippen LogP contribution in [-0.4, -0.2) is 10.9 Å². The van der Waals surface area contributed by atoms with Gasteiger partial charge in [0.05, 0.1) is 9.75 Å². The standard InChI is InChI=1S/C9H7NOS2/c11-10-9(7-3-1-5-12-7)8-4-2-6-13-8/h1-6,11H. The topological polar surface area (TPSA) is 32.6 Å². The molecule has 0 fully saturated rings. The van der Waals surface area contributed by atoms with Gasteiger partial charge in [-0.25, -0.2) is 0 Å². The first-order chi connectivity index (χ1) is 6.42. The molecular formula is C9H7NOS2. The van der Waals surface area contributed by atoms with Gasteiger partial charge >= 0.3 is 0 Å². The zero-order chi connectivity index (χ0) is 9.10. The lowest BCUT2D eigenvalue weighted by Crippen LogP contribution is -1.96. The van der Waals surface area contributed by atoms with E-state index < -0.39 is 0 Å². The van der Waals surface area contributed by atoms with Crippen LogP contribution < -0.4 is 0 Å². The van der Waals surface area contributed by atoms with E-state index in [0.717, 1.165) is 9.75 Å². The quantitative estimate of drug-likeness (QED) is 0.460. The molecule has 13 heavy (non-hydrogen) atoms. The maximum Gasteiger partial charge on any atom is 0.136 e. The average Bonchev–Trinajstić information content (AvgIpc) is 2.76. The third-order valence-electron chi connectivity index (χ3n) is 1.61. The third kappa shape index (κ3) is 1.64. The highest BCUT2D eigenvalue weighted by Gasteiger charge is 2.08. The summed E-state index contributed by atoms with van der Waals surface area (Å²) in [4.78, 5) is 1.98. The van der Waals surface area contributed by atoms with Gasteiger partial charge in [0, 0.05) is 0 Å². The van der Waals surface area contributed by atoms with Crippen LogP contribution in [0.25, 0.3) is 0 Å². The molecule has 0 saturated heterocycles. The van der Waals surface area contributed by atoms with Crippen molar-refractivity contribution in [2.24, 2.45) is 5.16 Å². The Morgan fingerprint density at radius 2 is 1.62 bits per heavy atom. The number of hydrogen-bond donors (Lipinski definition) is 1. The van der Waals surface area contributed by atoms with Gasteiger partial charge in [-0.3, -0.25) is 0 Å². The normalized spacial score (nSPS) is 9.85. The van der Waals surface area contributed by atoms with E-state index in [1.807, 2.05) is 35.0 Å². The summed E-state index contributed by atoms with van der Waals surface area (Å²) in [5.41, 5.74) is 0.657. The molecular weight excluding hydrogens is 202 g/mol. The summed E-state index contributed by atoms with van der Waals surface area (Å²) in [6.07, 6.45) is 0. The Bertz CT molecular complexity index is 353. The Labute approximate surface area is 83.8 Å². The summed E-state index contributed by atoms with van der Waals surface area (Å²) >= 11 is 3.14. The van der Waals surface area contributed by atoms with E-state index in [4.69, 9.17) is 5.21 Å². The predicted molar refractivity (Wildman–Crippen MR) is 56.1 cm³/mol. The molecule has 0 atom stereocenters. The van der Waals surface area contributed by atoms with Crippen molar-refractivity contribution in [1.29, 1.82) is 0 Å². The van der Waals surface area contributed by atoms with Crippen LogP contribution in [0, 0.1) is 0 Å². The van der Waals surface area contributed by atoms with Crippen molar-refractivity contribution in [3.05, 3.63) is 44.8 Å². The van der Waals surface area contributed by atoms with Crippen LogP contribution in [0.2, 0.25) is 0 Å². The molecule has 0 aliphatic carbocycles. The summed E-state index contributed by atoms with van der Waals surface area (Å²) in [6, 6.07) is 7.77. The maximum absolute atomic E-state index is 8.87. The first-order valence-corrected chi connectivity index (χ1v) is 5.47. The molecule has 4 heteroatoms. The fourth-order valence-corrected chi connectivity index (χ4v) is 2.56. The molecule has 2 heterocycles. The second-order valence-electron chi connectivity index (χ2n) is 2.40. The van der Waals surface area contributed by atoms with E-state index >= 15 is 0 Å². The fourth-order valence-electron chi connectivity index (χ4n) is 1.05. The van der Waals surface area contributed by atoms with E-state index in [-0.39, 0.29) is 0 Å². The molecule has 0 bridgehead atoms. The Morgan fingerprint density at radius 3 is 1.92 bits per heavy atom. The van der Waals surface area contributed by atoms with E-state index in [2.05, 4.69) is 5.16 Å².